The molecule has 160 valence electrons. The number of para-hydroxylation sites is 1. The second kappa shape index (κ2) is 9.48. The van der Waals surface area contributed by atoms with E-state index in [1.807, 2.05) is 31.2 Å². The maximum Gasteiger partial charge on any atom is 0.255 e. The Morgan fingerprint density at radius 1 is 1.07 bits per heavy atom. The minimum absolute atomic E-state index is 0.00731. The van der Waals surface area contributed by atoms with Crippen LogP contribution in [0.4, 0.5) is 0 Å². The zero-order chi connectivity index (χ0) is 20.1. The summed E-state index contributed by atoms with van der Waals surface area (Å²) in [6, 6.07) is 8.42. The van der Waals surface area contributed by atoms with Crippen molar-refractivity contribution in [2.75, 3.05) is 39.3 Å². The number of piperazine rings is 1. The van der Waals surface area contributed by atoms with E-state index in [-0.39, 0.29) is 11.4 Å². The number of rotatable bonds is 7. The predicted molar refractivity (Wildman–Crippen MR) is 117 cm³/mol. The third kappa shape index (κ3) is 4.61. The van der Waals surface area contributed by atoms with Gasteiger partial charge in [-0.15, -0.1) is 0 Å². The Hall–Kier alpha value is -1.59. The Morgan fingerprint density at radius 2 is 1.79 bits per heavy atom. The van der Waals surface area contributed by atoms with E-state index < -0.39 is 0 Å². The van der Waals surface area contributed by atoms with Crippen LogP contribution < -0.4 is 10.1 Å². The second-order valence-corrected chi connectivity index (χ2v) is 9.00. The zero-order valence-electron chi connectivity index (χ0n) is 18.0. The molecule has 0 unspecified atom stereocenters. The number of carbonyl (C=O) groups is 1. The third-order valence-electron chi connectivity index (χ3n) is 7.37. The van der Waals surface area contributed by atoms with E-state index in [1.54, 1.807) is 0 Å². The van der Waals surface area contributed by atoms with Crippen LogP contribution in [0.5, 0.6) is 5.75 Å². The maximum atomic E-state index is 13.0. The molecule has 3 fully saturated rings. The highest BCUT2D eigenvalue weighted by Crippen LogP contribution is 2.35. The Morgan fingerprint density at radius 3 is 2.45 bits per heavy atom. The topological polar surface area (TPSA) is 44.8 Å². The van der Waals surface area contributed by atoms with Crippen molar-refractivity contribution in [1.29, 1.82) is 0 Å². The summed E-state index contributed by atoms with van der Waals surface area (Å²) in [7, 11) is 0. The van der Waals surface area contributed by atoms with Crippen molar-refractivity contribution >= 4 is 5.91 Å². The van der Waals surface area contributed by atoms with Gasteiger partial charge >= 0.3 is 0 Å². The normalized spacial score (nSPS) is 23.3. The minimum atomic E-state index is -0.00731. The maximum absolute atomic E-state index is 13.0. The average Bonchev–Trinajstić information content (AvgIpc) is 2.73. The van der Waals surface area contributed by atoms with Gasteiger partial charge in [0.25, 0.3) is 5.91 Å². The molecule has 3 aliphatic rings. The third-order valence-corrected chi connectivity index (χ3v) is 7.37. The highest BCUT2D eigenvalue weighted by molar-refractivity contribution is 5.96. The van der Waals surface area contributed by atoms with E-state index in [0.29, 0.717) is 17.9 Å². The van der Waals surface area contributed by atoms with E-state index >= 15 is 0 Å². The van der Waals surface area contributed by atoms with Crippen molar-refractivity contribution in [3.05, 3.63) is 29.8 Å². The van der Waals surface area contributed by atoms with Gasteiger partial charge in [-0.1, -0.05) is 37.8 Å². The van der Waals surface area contributed by atoms with Crippen LogP contribution in [-0.4, -0.2) is 66.6 Å². The summed E-state index contributed by atoms with van der Waals surface area (Å²) in [6.45, 7) is 7.93. The summed E-state index contributed by atoms with van der Waals surface area (Å²) in [5.74, 6) is 0.673. The molecule has 1 heterocycles. The number of nitrogens with zero attached hydrogens (tertiary/aromatic N) is 2. The molecule has 29 heavy (non-hydrogen) atoms. The first-order valence-electron chi connectivity index (χ1n) is 11.7. The molecule has 4 rings (SSSR count). The summed E-state index contributed by atoms with van der Waals surface area (Å²) in [6.07, 6.45) is 10.5. The van der Waals surface area contributed by atoms with Gasteiger partial charge in [0, 0.05) is 44.3 Å². The van der Waals surface area contributed by atoms with Gasteiger partial charge in [0.2, 0.25) is 0 Å². The molecular weight excluding hydrogens is 362 g/mol. The van der Waals surface area contributed by atoms with Gasteiger partial charge < -0.3 is 10.1 Å². The Kier molecular flexibility index (Phi) is 6.76. The van der Waals surface area contributed by atoms with Crippen LogP contribution in [-0.2, 0) is 0 Å². The lowest BCUT2D eigenvalue weighted by molar-refractivity contribution is -0.0134. The predicted octanol–water partition coefficient (Wildman–Crippen LogP) is 3.69. The van der Waals surface area contributed by atoms with E-state index in [2.05, 4.69) is 15.1 Å². The summed E-state index contributed by atoms with van der Waals surface area (Å²) in [5, 5.41) is 3.29. The fraction of sp³-hybridized carbons (Fsp3) is 0.708. The number of nitrogens with one attached hydrogen (secondary N) is 1. The van der Waals surface area contributed by atoms with Crippen molar-refractivity contribution in [1.82, 2.24) is 15.1 Å². The quantitative estimate of drug-likeness (QED) is 0.760. The molecule has 1 saturated heterocycles. The number of carbonyl (C=O) groups excluding carboxylic acids is 1. The number of amides is 1. The molecule has 1 aromatic rings. The molecule has 2 saturated carbocycles. The lowest BCUT2D eigenvalue weighted by Crippen LogP contribution is -2.63. The van der Waals surface area contributed by atoms with Gasteiger partial charge in [-0.2, -0.15) is 0 Å². The smallest absolute Gasteiger partial charge is 0.255 e. The van der Waals surface area contributed by atoms with Crippen LogP contribution in [0.3, 0.4) is 0 Å². The van der Waals surface area contributed by atoms with E-state index in [1.165, 1.54) is 64.5 Å². The van der Waals surface area contributed by atoms with E-state index in [4.69, 9.17) is 4.74 Å². The fourth-order valence-corrected chi connectivity index (χ4v) is 5.40. The average molecular weight is 400 g/mol. The van der Waals surface area contributed by atoms with E-state index in [0.717, 1.165) is 25.7 Å². The van der Waals surface area contributed by atoms with Crippen LogP contribution in [0.1, 0.15) is 68.6 Å². The molecule has 0 spiro atoms. The first-order valence-corrected chi connectivity index (χ1v) is 11.7. The molecule has 1 aromatic carbocycles. The monoisotopic (exact) mass is 399 g/mol. The second-order valence-electron chi connectivity index (χ2n) is 9.00. The molecule has 0 radical (unpaired) electrons. The molecule has 5 heteroatoms. The summed E-state index contributed by atoms with van der Waals surface area (Å²) in [5.41, 5.74) is 0.773. The van der Waals surface area contributed by atoms with Crippen molar-refractivity contribution < 1.29 is 9.53 Å². The first kappa shape index (κ1) is 20.7. The molecule has 1 N–H and O–H groups in total. The molecule has 0 atom stereocenters. The molecule has 0 bridgehead atoms. The molecular formula is C24H37N3O2. The Labute approximate surface area is 175 Å². The highest BCUT2D eigenvalue weighted by Gasteiger charge is 2.40. The molecule has 5 nitrogen and oxygen atoms in total. The van der Waals surface area contributed by atoms with Crippen LogP contribution in [0.15, 0.2) is 24.3 Å². The van der Waals surface area contributed by atoms with Crippen molar-refractivity contribution in [3.63, 3.8) is 0 Å². The van der Waals surface area contributed by atoms with Gasteiger partial charge in [-0.3, -0.25) is 14.6 Å². The number of hydrogen-bond acceptors (Lipinski definition) is 4. The van der Waals surface area contributed by atoms with Crippen molar-refractivity contribution in [2.24, 2.45) is 0 Å². The van der Waals surface area contributed by atoms with E-state index in [9.17, 15) is 4.79 Å². The lowest BCUT2D eigenvalue weighted by Gasteiger charge is -2.51. The number of hydrogen-bond donors (Lipinski definition) is 1. The van der Waals surface area contributed by atoms with Crippen LogP contribution in [0.2, 0.25) is 0 Å². The fourth-order valence-electron chi connectivity index (χ4n) is 5.40. The largest absolute Gasteiger partial charge is 0.493 e. The highest BCUT2D eigenvalue weighted by atomic mass is 16.5. The van der Waals surface area contributed by atoms with Crippen LogP contribution in [0.25, 0.3) is 0 Å². The van der Waals surface area contributed by atoms with Gasteiger partial charge in [-0.25, -0.2) is 0 Å². The summed E-state index contributed by atoms with van der Waals surface area (Å²) in [4.78, 5) is 18.4. The van der Waals surface area contributed by atoms with Gasteiger partial charge in [0.15, 0.2) is 0 Å². The summed E-state index contributed by atoms with van der Waals surface area (Å²) < 4.78 is 5.66. The first-order chi connectivity index (χ1) is 14.2. The molecule has 1 amide bonds. The molecule has 0 aromatic heterocycles. The SMILES string of the molecule is CCOc1ccccc1C(=O)NCC1(N2CCN(C3CCC3)CC2)CCCCC1. The van der Waals surface area contributed by atoms with Gasteiger partial charge in [0.1, 0.15) is 5.75 Å². The summed E-state index contributed by atoms with van der Waals surface area (Å²) >= 11 is 0. The number of ether oxygens (including phenoxy) is 1. The zero-order valence-corrected chi connectivity index (χ0v) is 18.0. The Bertz CT molecular complexity index is 674. The molecule has 1 aliphatic heterocycles. The number of benzene rings is 1. The standard InChI is InChI=1S/C24H37N3O2/c1-2-29-22-12-5-4-11-21(22)23(28)25-19-24(13-6-3-7-14-24)27-17-15-26(16-18-27)20-9-8-10-20/h4-5,11-12,20H,2-3,6-10,13-19H2,1H3,(H,25,28). The van der Waals surface area contributed by atoms with Crippen LogP contribution in [0, 0.1) is 0 Å². The van der Waals surface area contributed by atoms with Crippen molar-refractivity contribution in [2.45, 2.75) is 69.9 Å². The van der Waals surface area contributed by atoms with Crippen molar-refractivity contribution in [3.8, 4) is 5.75 Å². The van der Waals surface area contributed by atoms with Gasteiger partial charge in [-0.05, 0) is 44.7 Å². The van der Waals surface area contributed by atoms with Crippen LogP contribution >= 0.6 is 0 Å². The Balaban J connectivity index is 1.40. The molecule has 2 aliphatic carbocycles. The van der Waals surface area contributed by atoms with Gasteiger partial charge in [0.05, 0.1) is 12.2 Å². The minimum Gasteiger partial charge on any atom is -0.493 e. The lowest BCUT2D eigenvalue weighted by atomic mass is 9.79.